The molecule has 0 saturated heterocycles. The smallest absolute Gasteiger partial charge is 0.338 e. The summed E-state index contributed by atoms with van der Waals surface area (Å²) in [6.07, 6.45) is 0. The van der Waals surface area contributed by atoms with Gasteiger partial charge in [0, 0.05) is 0 Å². The van der Waals surface area contributed by atoms with E-state index in [0.29, 0.717) is 27.6 Å². The lowest BCUT2D eigenvalue weighted by Gasteiger charge is -2.07. The number of imidazole rings is 1. The van der Waals surface area contributed by atoms with Gasteiger partial charge < -0.3 is 9.15 Å². The first kappa shape index (κ1) is 16.3. The Morgan fingerprint density at radius 1 is 1.04 bits per heavy atom. The summed E-state index contributed by atoms with van der Waals surface area (Å²) < 4.78 is 12.2. The Bertz CT molecular complexity index is 1450. The Hall–Kier alpha value is -3.93. The molecule has 5 rings (SSSR count). The van der Waals surface area contributed by atoms with Gasteiger partial charge in [-0.2, -0.15) is 4.98 Å². The minimum Gasteiger partial charge on any atom is -0.465 e. The minimum absolute atomic E-state index is 0.179. The van der Waals surface area contributed by atoms with Crippen LogP contribution in [0.5, 0.6) is 0 Å². The number of para-hydroxylation sites is 1. The normalized spacial score (nSPS) is 11.3. The van der Waals surface area contributed by atoms with Gasteiger partial charge in [0.1, 0.15) is 5.58 Å². The zero-order valence-electron chi connectivity index (χ0n) is 14.9. The molecule has 0 radical (unpaired) electrons. The molecule has 2 heterocycles. The number of aromatic nitrogens is 2. The molecule has 0 spiro atoms. The second kappa shape index (κ2) is 6.06. The van der Waals surface area contributed by atoms with Crippen molar-refractivity contribution < 1.29 is 13.9 Å². The van der Waals surface area contributed by atoms with E-state index in [9.17, 15) is 9.59 Å². The second-order valence-electron chi connectivity index (χ2n) is 6.37. The predicted molar refractivity (Wildman–Crippen MR) is 106 cm³/mol. The standard InChI is InChI=1S/C22H14N2O4/c1-27-21(26)15-7-3-2-6-14(15)13-10-11-18-17(12-13)23-22-24(18)20(25)16-8-4-5-9-19(16)28-22/h2-12H,1H3. The molecule has 0 aliphatic heterocycles. The molecule has 0 atom stereocenters. The molecular weight excluding hydrogens is 356 g/mol. The van der Waals surface area contributed by atoms with Gasteiger partial charge >= 0.3 is 11.8 Å². The molecule has 28 heavy (non-hydrogen) atoms. The largest absolute Gasteiger partial charge is 0.465 e. The molecule has 136 valence electrons. The van der Waals surface area contributed by atoms with Gasteiger partial charge in [-0.25, -0.2) is 9.20 Å². The number of esters is 1. The zero-order chi connectivity index (χ0) is 19.3. The van der Waals surface area contributed by atoms with E-state index >= 15 is 0 Å². The summed E-state index contributed by atoms with van der Waals surface area (Å²) >= 11 is 0. The van der Waals surface area contributed by atoms with Gasteiger partial charge in [-0.1, -0.05) is 36.4 Å². The van der Waals surface area contributed by atoms with Crippen molar-refractivity contribution in [3.8, 4) is 11.1 Å². The van der Waals surface area contributed by atoms with E-state index in [2.05, 4.69) is 4.98 Å². The predicted octanol–water partition coefficient (Wildman–Crippen LogP) is 4.05. The van der Waals surface area contributed by atoms with Crippen molar-refractivity contribution in [1.29, 1.82) is 0 Å². The zero-order valence-corrected chi connectivity index (χ0v) is 14.9. The quantitative estimate of drug-likeness (QED) is 0.438. The number of nitrogens with zero attached hydrogens (tertiary/aromatic N) is 2. The van der Waals surface area contributed by atoms with Crippen LogP contribution >= 0.6 is 0 Å². The average Bonchev–Trinajstić information content (AvgIpc) is 3.11. The molecule has 0 aliphatic rings. The highest BCUT2D eigenvalue weighted by Gasteiger charge is 2.16. The lowest BCUT2D eigenvalue weighted by atomic mass is 9.99. The van der Waals surface area contributed by atoms with Crippen LogP contribution in [0.25, 0.3) is 39.0 Å². The van der Waals surface area contributed by atoms with Crippen LogP contribution in [0.4, 0.5) is 0 Å². The van der Waals surface area contributed by atoms with Gasteiger partial charge in [-0.15, -0.1) is 0 Å². The first-order valence-corrected chi connectivity index (χ1v) is 8.69. The van der Waals surface area contributed by atoms with Gasteiger partial charge in [-0.05, 0) is 41.5 Å². The molecule has 0 N–H and O–H groups in total. The third kappa shape index (κ3) is 2.31. The van der Waals surface area contributed by atoms with Gasteiger partial charge in [-0.3, -0.25) is 4.79 Å². The molecule has 2 aromatic heterocycles. The Balaban J connectivity index is 1.79. The van der Waals surface area contributed by atoms with Crippen molar-refractivity contribution >= 4 is 33.8 Å². The lowest BCUT2D eigenvalue weighted by molar-refractivity contribution is 0.0601. The molecule has 0 unspecified atom stereocenters. The number of rotatable bonds is 2. The molecule has 0 fully saturated rings. The number of carbonyl (C=O) groups is 1. The van der Waals surface area contributed by atoms with E-state index in [1.807, 2.05) is 36.4 Å². The van der Waals surface area contributed by atoms with Crippen LogP contribution in [0.2, 0.25) is 0 Å². The summed E-state index contributed by atoms with van der Waals surface area (Å²) in [5.41, 5.74) is 3.57. The van der Waals surface area contributed by atoms with Crippen LogP contribution in [-0.4, -0.2) is 22.5 Å². The summed E-state index contributed by atoms with van der Waals surface area (Å²) in [7, 11) is 1.35. The lowest BCUT2D eigenvalue weighted by Crippen LogP contribution is -2.12. The molecule has 0 bridgehead atoms. The second-order valence-corrected chi connectivity index (χ2v) is 6.37. The fourth-order valence-electron chi connectivity index (χ4n) is 3.46. The van der Waals surface area contributed by atoms with Gasteiger partial charge in [0.15, 0.2) is 0 Å². The number of hydrogen-bond acceptors (Lipinski definition) is 5. The van der Waals surface area contributed by atoms with E-state index in [4.69, 9.17) is 9.15 Å². The summed E-state index contributed by atoms with van der Waals surface area (Å²) in [6.45, 7) is 0. The van der Waals surface area contributed by atoms with E-state index in [-0.39, 0.29) is 11.4 Å². The molecule has 0 amide bonds. The third-order valence-corrected chi connectivity index (χ3v) is 4.79. The Labute approximate surface area is 158 Å². The Morgan fingerprint density at radius 2 is 1.82 bits per heavy atom. The maximum absolute atomic E-state index is 12.9. The Morgan fingerprint density at radius 3 is 2.68 bits per heavy atom. The highest BCUT2D eigenvalue weighted by molar-refractivity contribution is 5.98. The monoisotopic (exact) mass is 370 g/mol. The van der Waals surface area contributed by atoms with Crippen molar-refractivity contribution in [2.24, 2.45) is 0 Å². The molecule has 0 saturated carbocycles. The van der Waals surface area contributed by atoms with Crippen LogP contribution in [0.15, 0.2) is 75.9 Å². The molecule has 5 aromatic rings. The third-order valence-electron chi connectivity index (χ3n) is 4.79. The number of benzene rings is 3. The van der Waals surface area contributed by atoms with Crippen molar-refractivity contribution in [1.82, 2.24) is 9.38 Å². The topological polar surface area (TPSA) is 73.8 Å². The summed E-state index contributed by atoms with van der Waals surface area (Å²) in [6, 6.07) is 19.8. The molecule has 0 aliphatic carbocycles. The molecular formula is C22H14N2O4. The number of methoxy groups -OCH3 is 1. The highest BCUT2D eigenvalue weighted by atomic mass is 16.5. The fourth-order valence-corrected chi connectivity index (χ4v) is 3.46. The number of hydrogen-bond donors (Lipinski definition) is 0. The summed E-state index contributed by atoms with van der Waals surface area (Å²) in [5, 5.41) is 0.495. The van der Waals surface area contributed by atoms with Crippen LogP contribution in [0, 0.1) is 0 Å². The average molecular weight is 370 g/mol. The fraction of sp³-hybridized carbons (Fsp3) is 0.0455. The van der Waals surface area contributed by atoms with Gasteiger partial charge in [0.05, 0.1) is 29.1 Å². The Kier molecular flexibility index (Phi) is 3.52. The van der Waals surface area contributed by atoms with Gasteiger partial charge in [0.2, 0.25) is 0 Å². The number of fused-ring (bicyclic) bond motifs is 4. The van der Waals surface area contributed by atoms with E-state index in [0.717, 1.165) is 11.1 Å². The molecule has 6 nitrogen and oxygen atoms in total. The van der Waals surface area contributed by atoms with Crippen LogP contribution in [0.3, 0.4) is 0 Å². The van der Waals surface area contributed by atoms with Crippen molar-refractivity contribution in [3.05, 3.63) is 82.6 Å². The van der Waals surface area contributed by atoms with Crippen molar-refractivity contribution in [2.75, 3.05) is 7.11 Å². The van der Waals surface area contributed by atoms with Crippen molar-refractivity contribution in [2.45, 2.75) is 0 Å². The summed E-state index contributed by atoms with van der Waals surface area (Å²) in [5.74, 6) is -0.175. The SMILES string of the molecule is COC(=O)c1ccccc1-c1ccc2c(c1)nc1oc3ccccc3c(=O)n12. The first-order chi connectivity index (χ1) is 13.7. The number of ether oxygens (including phenoxy) is 1. The summed E-state index contributed by atoms with van der Waals surface area (Å²) in [4.78, 5) is 29.5. The van der Waals surface area contributed by atoms with Crippen LogP contribution in [0.1, 0.15) is 10.4 Å². The number of carbonyl (C=O) groups excluding carboxylic acids is 1. The van der Waals surface area contributed by atoms with Crippen molar-refractivity contribution in [3.63, 3.8) is 0 Å². The van der Waals surface area contributed by atoms with Crippen LogP contribution < -0.4 is 5.56 Å². The maximum atomic E-state index is 12.9. The van der Waals surface area contributed by atoms with E-state index < -0.39 is 5.97 Å². The molecule has 6 heteroatoms. The van der Waals surface area contributed by atoms with Crippen LogP contribution in [-0.2, 0) is 4.74 Å². The van der Waals surface area contributed by atoms with E-state index in [1.165, 1.54) is 11.5 Å². The maximum Gasteiger partial charge on any atom is 0.338 e. The molecule has 3 aromatic carbocycles. The minimum atomic E-state index is -0.409. The van der Waals surface area contributed by atoms with Gasteiger partial charge in [0.25, 0.3) is 5.56 Å². The highest BCUT2D eigenvalue weighted by Crippen LogP contribution is 2.28. The van der Waals surface area contributed by atoms with E-state index in [1.54, 1.807) is 30.3 Å². The first-order valence-electron chi connectivity index (χ1n) is 8.69.